The van der Waals surface area contributed by atoms with E-state index >= 15 is 0 Å². The highest BCUT2D eigenvalue weighted by Gasteiger charge is 2.45. The summed E-state index contributed by atoms with van der Waals surface area (Å²) >= 11 is 1.37. The molecule has 4 atom stereocenters. The molecular formula is C9H10FIN2O6. The van der Waals surface area contributed by atoms with Gasteiger partial charge in [0.25, 0.3) is 5.56 Å². The molecule has 0 saturated carbocycles. The molecule has 1 aromatic heterocycles. The van der Waals surface area contributed by atoms with Crippen molar-refractivity contribution in [2.75, 3.05) is 6.61 Å². The predicted molar refractivity (Wildman–Crippen MR) is 67.4 cm³/mol. The standard InChI is InChI=1S/C9H10FIN2O6/c10-7-3(8(17)13(11)9(18)12-7)6-5(16)4(15)2(1-14)19-6/h2,4-6,14-16H,1H2,(H,12,18)/t2-,4-,5+,6?/m1/s1. The smallest absolute Gasteiger partial charge is 0.339 e. The zero-order valence-electron chi connectivity index (χ0n) is 9.29. The third-order valence-corrected chi connectivity index (χ3v) is 3.74. The maximum Gasteiger partial charge on any atom is 0.339 e. The van der Waals surface area contributed by atoms with Gasteiger partial charge in [-0.1, -0.05) is 0 Å². The van der Waals surface area contributed by atoms with E-state index in [1.165, 1.54) is 22.9 Å². The Balaban J connectivity index is 2.52. The molecule has 1 saturated heterocycles. The van der Waals surface area contributed by atoms with Crippen molar-refractivity contribution in [1.29, 1.82) is 0 Å². The molecule has 106 valence electrons. The summed E-state index contributed by atoms with van der Waals surface area (Å²) in [6.45, 7) is -0.599. The molecule has 0 radical (unpaired) electrons. The number of rotatable bonds is 2. The van der Waals surface area contributed by atoms with Gasteiger partial charge in [0.05, 0.1) is 29.5 Å². The second-order valence-electron chi connectivity index (χ2n) is 4.00. The molecule has 1 aromatic rings. The second kappa shape index (κ2) is 5.28. The fraction of sp³-hybridized carbons (Fsp3) is 0.556. The molecule has 2 rings (SSSR count). The fourth-order valence-electron chi connectivity index (χ4n) is 1.89. The Morgan fingerprint density at radius 1 is 1.37 bits per heavy atom. The van der Waals surface area contributed by atoms with Gasteiger partial charge in [0.2, 0.25) is 5.95 Å². The topological polar surface area (TPSA) is 125 Å². The van der Waals surface area contributed by atoms with Crippen molar-refractivity contribution in [1.82, 2.24) is 7.76 Å². The lowest BCUT2D eigenvalue weighted by Gasteiger charge is -2.14. The van der Waals surface area contributed by atoms with Gasteiger partial charge in [-0.25, -0.2) is 4.79 Å². The van der Waals surface area contributed by atoms with E-state index in [1.54, 1.807) is 4.98 Å². The number of nitrogens with one attached hydrogen (secondary N) is 1. The molecule has 0 amide bonds. The highest BCUT2D eigenvalue weighted by Crippen LogP contribution is 2.32. The molecule has 10 heteroatoms. The zero-order valence-corrected chi connectivity index (χ0v) is 11.4. The molecule has 1 aliphatic heterocycles. The van der Waals surface area contributed by atoms with Crippen LogP contribution in [0.4, 0.5) is 4.39 Å². The van der Waals surface area contributed by atoms with Gasteiger partial charge in [-0.05, 0) is 0 Å². The number of aliphatic hydroxyl groups is 3. The number of H-pyrrole nitrogens is 1. The number of halogens is 2. The summed E-state index contributed by atoms with van der Waals surface area (Å²) in [6.07, 6.45) is -5.63. The quantitative estimate of drug-likeness (QED) is 0.344. The number of ether oxygens (including phenoxy) is 1. The molecule has 1 aliphatic rings. The summed E-state index contributed by atoms with van der Waals surface area (Å²) < 4.78 is 19.3. The van der Waals surface area contributed by atoms with Crippen molar-refractivity contribution in [3.63, 3.8) is 0 Å². The van der Waals surface area contributed by atoms with E-state index in [0.29, 0.717) is 2.78 Å². The van der Waals surface area contributed by atoms with Crippen LogP contribution in [-0.2, 0) is 4.74 Å². The first-order chi connectivity index (χ1) is 8.88. The maximum atomic E-state index is 13.7. The maximum absolute atomic E-state index is 13.7. The lowest BCUT2D eigenvalue weighted by Crippen LogP contribution is -2.37. The van der Waals surface area contributed by atoms with Gasteiger partial charge in [-0.3, -0.25) is 9.78 Å². The first kappa shape index (κ1) is 14.6. The zero-order chi connectivity index (χ0) is 14.3. The molecule has 0 bridgehead atoms. The molecule has 1 unspecified atom stereocenters. The Kier molecular flexibility index (Phi) is 4.06. The van der Waals surface area contributed by atoms with E-state index in [-0.39, 0.29) is 0 Å². The first-order valence-electron chi connectivity index (χ1n) is 5.21. The van der Waals surface area contributed by atoms with E-state index in [4.69, 9.17) is 9.84 Å². The Morgan fingerprint density at radius 3 is 2.53 bits per heavy atom. The highest BCUT2D eigenvalue weighted by atomic mass is 127. The lowest BCUT2D eigenvalue weighted by molar-refractivity contribution is -0.0243. The Morgan fingerprint density at radius 2 is 2.00 bits per heavy atom. The van der Waals surface area contributed by atoms with Crippen molar-refractivity contribution in [3.05, 3.63) is 32.3 Å². The molecule has 2 heterocycles. The number of nitrogens with zero attached hydrogens (tertiary/aromatic N) is 1. The van der Waals surface area contributed by atoms with E-state index in [1.807, 2.05) is 0 Å². The van der Waals surface area contributed by atoms with Crippen LogP contribution in [0, 0.1) is 5.95 Å². The van der Waals surface area contributed by atoms with E-state index in [9.17, 15) is 24.2 Å². The molecular weight excluding hydrogens is 378 g/mol. The number of hydrogen-bond donors (Lipinski definition) is 4. The van der Waals surface area contributed by atoms with E-state index in [2.05, 4.69) is 0 Å². The van der Waals surface area contributed by atoms with Crippen molar-refractivity contribution >= 4 is 22.9 Å². The van der Waals surface area contributed by atoms with Crippen LogP contribution < -0.4 is 11.2 Å². The van der Waals surface area contributed by atoms with Crippen LogP contribution in [0.25, 0.3) is 0 Å². The fourth-order valence-corrected chi connectivity index (χ4v) is 2.27. The molecule has 8 nitrogen and oxygen atoms in total. The summed E-state index contributed by atoms with van der Waals surface area (Å²) in [7, 11) is 0. The van der Waals surface area contributed by atoms with Crippen LogP contribution in [0.15, 0.2) is 9.59 Å². The van der Waals surface area contributed by atoms with Crippen LogP contribution in [0.3, 0.4) is 0 Å². The number of aromatic nitrogens is 2. The normalized spacial score (nSPS) is 30.8. The molecule has 0 spiro atoms. The Bertz CT molecular complexity index is 601. The van der Waals surface area contributed by atoms with E-state index in [0.717, 1.165) is 0 Å². The molecule has 4 N–H and O–H groups in total. The van der Waals surface area contributed by atoms with Crippen LogP contribution in [-0.4, -0.2) is 48.0 Å². The van der Waals surface area contributed by atoms with Gasteiger partial charge in [-0.2, -0.15) is 7.17 Å². The van der Waals surface area contributed by atoms with Crippen LogP contribution in [0.5, 0.6) is 0 Å². The van der Waals surface area contributed by atoms with Gasteiger partial charge < -0.3 is 20.1 Å². The Labute approximate surface area is 119 Å². The SMILES string of the molecule is O=c1[nH]c(F)c(C2O[C@H](CO)[C@@H](O)[C@@H]2O)c(=O)n1I. The van der Waals surface area contributed by atoms with Crippen molar-refractivity contribution in [3.8, 4) is 0 Å². The molecule has 0 aliphatic carbocycles. The lowest BCUT2D eigenvalue weighted by atomic mass is 10.0. The largest absolute Gasteiger partial charge is 0.394 e. The predicted octanol–water partition coefficient (Wildman–Crippen LogP) is -1.97. The number of aliphatic hydroxyl groups excluding tert-OH is 3. The van der Waals surface area contributed by atoms with Crippen molar-refractivity contribution in [2.45, 2.75) is 24.4 Å². The summed E-state index contributed by atoms with van der Waals surface area (Å²) in [5.41, 5.74) is -2.55. The second-order valence-corrected chi connectivity index (χ2v) is 4.97. The summed E-state index contributed by atoms with van der Waals surface area (Å²) in [4.78, 5) is 24.8. The van der Waals surface area contributed by atoms with Crippen molar-refractivity contribution < 1.29 is 24.4 Å². The average Bonchev–Trinajstić information content (AvgIpc) is 2.64. The van der Waals surface area contributed by atoms with Crippen LogP contribution in [0.1, 0.15) is 11.7 Å². The monoisotopic (exact) mass is 388 g/mol. The van der Waals surface area contributed by atoms with Gasteiger partial charge >= 0.3 is 5.69 Å². The van der Waals surface area contributed by atoms with E-state index < -0.39 is 53.8 Å². The average molecular weight is 388 g/mol. The highest BCUT2D eigenvalue weighted by molar-refractivity contribution is 14.1. The minimum atomic E-state index is -1.58. The first-order valence-corrected chi connectivity index (χ1v) is 6.18. The number of aromatic amines is 1. The summed E-state index contributed by atoms with van der Waals surface area (Å²) in [6, 6.07) is 0. The number of hydrogen-bond acceptors (Lipinski definition) is 6. The third-order valence-electron chi connectivity index (χ3n) is 2.87. The van der Waals surface area contributed by atoms with Crippen LogP contribution >= 0.6 is 22.9 Å². The van der Waals surface area contributed by atoms with Gasteiger partial charge in [0.15, 0.2) is 0 Å². The van der Waals surface area contributed by atoms with Gasteiger partial charge in [-0.15, -0.1) is 0 Å². The summed E-state index contributed by atoms with van der Waals surface area (Å²) in [5, 5.41) is 28.2. The van der Waals surface area contributed by atoms with Gasteiger partial charge in [0, 0.05) is 0 Å². The Hall–Kier alpha value is -0.820. The van der Waals surface area contributed by atoms with Crippen molar-refractivity contribution in [2.24, 2.45) is 0 Å². The van der Waals surface area contributed by atoms with Gasteiger partial charge in [0.1, 0.15) is 30.0 Å². The minimum Gasteiger partial charge on any atom is -0.394 e. The minimum absolute atomic E-state index is 0.588. The third kappa shape index (κ3) is 2.33. The summed E-state index contributed by atoms with van der Waals surface area (Å²) in [5.74, 6) is -1.24. The van der Waals surface area contributed by atoms with Crippen LogP contribution in [0.2, 0.25) is 0 Å². The molecule has 19 heavy (non-hydrogen) atoms. The molecule has 0 aromatic carbocycles. The molecule has 1 fully saturated rings.